The molecule has 0 radical (unpaired) electrons. The number of nitrogens with one attached hydrogen (secondary N) is 1. The first-order valence-corrected chi connectivity index (χ1v) is 4.35. The minimum absolute atomic E-state index is 0. The second-order valence-electron chi connectivity index (χ2n) is 2.93. The van der Waals surface area contributed by atoms with E-state index in [0.29, 0.717) is 13.0 Å². The zero-order valence-electron chi connectivity index (χ0n) is 8.59. The molecule has 0 fully saturated rings. The van der Waals surface area contributed by atoms with Gasteiger partial charge in [-0.2, -0.15) is 0 Å². The van der Waals surface area contributed by atoms with E-state index in [1.165, 1.54) is 7.11 Å². The SMILES string of the molecule is COCCCC(=O)NCC(F)(F)CN.Cl. The first kappa shape index (κ1) is 17.0. The Labute approximate surface area is 93.9 Å². The zero-order chi connectivity index (χ0) is 11.0. The number of nitrogens with two attached hydrogens (primary N) is 1. The number of alkyl halides is 2. The second-order valence-corrected chi connectivity index (χ2v) is 2.93. The van der Waals surface area contributed by atoms with Crippen LogP contribution in [0.3, 0.4) is 0 Å². The van der Waals surface area contributed by atoms with Gasteiger partial charge in [0.15, 0.2) is 0 Å². The third kappa shape index (κ3) is 9.84. The number of halogens is 3. The van der Waals surface area contributed by atoms with E-state index in [4.69, 9.17) is 10.5 Å². The molecule has 0 unspecified atom stereocenters. The lowest BCUT2D eigenvalue weighted by Crippen LogP contribution is -2.41. The van der Waals surface area contributed by atoms with Crippen LogP contribution in [0.5, 0.6) is 0 Å². The van der Waals surface area contributed by atoms with E-state index in [9.17, 15) is 13.6 Å². The minimum atomic E-state index is -3.02. The van der Waals surface area contributed by atoms with E-state index >= 15 is 0 Å². The molecular weight excluding hydrogens is 230 g/mol. The zero-order valence-corrected chi connectivity index (χ0v) is 9.41. The molecule has 0 aromatic heterocycles. The van der Waals surface area contributed by atoms with E-state index < -0.39 is 24.9 Å². The number of rotatable bonds is 7. The standard InChI is InChI=1S/C8H16F2N2O2.ClH/c1-14-4-2-3-7(13)12-6-8(9,10)5-11;/h2-6,11H2,1H3,(H,12,13);1H. The molecule has 92 valence electrons. The van der Waals surface area contributed by atoms with Crippen LogP contribution in [0.25, 0.3) is 0 Å². The maximum atomic E-state index is 12.5. The molecule has 4 nitrogen and oxygen atoms in total. The summed E-state index contributed by atoms with van der Waals surface area (Å²) >= 11 is 0. The van der Waals surface area contributed by atoms with E-state index in [2.05, 4.69) is 5.32 Å². The summed E-state index contributed by atoms with van der Waals surface area (Å²) in [5, 5.41) is 2.11. The summed E-state index contributed by atoms with van der Waals surface area (Å²) < 4.78 is 29.8. The number of carbonyl (C=O) groups is 1. The van der Waals surface area contributed by atoms with Crippen molar-refractivity contribution in [1.29, 1.82) is 0 Å². The van der Waals surface area contributed by atoms with Crippen molar-refractivity contribution in [2.45, 2.75) is 18.8 Å². The second kappa shape index (κ2) is 8.82. The van der Waals surface area contributed by atoms with E-state index in [1.54, 1.807) is 0 Å². The van der Waals surface area contributed by atoms with Gasteiger partial charge in [-0.3, -0.25) is 4.79 Å². The van der Waals surface area contributed by atoms with Gasteiger partial charge in [-0.05, 0) is 6.42 Å². The van der Waals surface area contributed by atoms with Gasteiger partial charge in [-0.15, -0.1) is 12.4 Å². The largest absolute Gasteiger partial charge is 0.385 e. The van der Waals surface area contributed by atoms with Crippen molar-refractivity contribution in [3.8, 4) is 0 Å². The molecule has 0 aliphatic heterocycles. The Hall–Kier alpha value is -0.460. The molecule has 0 aliphatic rings. The first-order valence-electron chi connectivity index (χ1n) is 4.35. The van der Waals surface area contributed by atoms with Crippen molar-refractivity contribution < 1.29 is 18.3 Å². The van der Waals surface area contributed by atoms with Crippen molar-refractivity contribution in [3.63, 3.8) is 0 Å². The van der Waals surface area contributed by atoms with Crippen molar-refractivity contribution in [2.24, 2.45) is 5.73 Å². The molecular formula is C8H17ClF2N2O2. The molecule has 0 aromatic rings. The maximum Gasteiger partial charge on any atom is 0.277 e. The van der Waals surface area contributed by atoms with Crippen molar-refractivity contribution in [1.82, 2.24) is 5.32 Å². The predicted molar refractivity (Wildman–Crippen MR) is 55.4 cm³/mol. The topological polar surface area (TPSA) is 64.3 Å². The monoisotopic (exact) mass is 246 g/mol. The van der Waals surface area contributed by atoms with E-state index in [-0.39, 0.29) is 18.8 Å². The van der Waals surface area contributed by atoms with Gasteiger partial charge in [0.1, 0.15) is 0 Å². The highest BCUT2D eigenvalue weighted by atomic mass is 35.5. The first-order chi connectivity index (χ1) is 6.52. The number of hydrogen-bond donors (Lipinski definition) is 2. The number of carbonyl (C=O) groups excluding carboxylic acids is 1. The number of hydrogen-bond acceptors (Lipinski definition) is 3. The van der Waals surface area contributed by atoms with Crippen LogP contribution >= 0.6 is 12.4 Å². The molecule has 7 heteroatoms. The summed E-state index contributed by atoms with van der Waals surface area (Å²) in [5.41, 5.74) is 4.79. The summed E-state index contributed by atoms with van der Waals surface area (Å²) in [5.74, 6) is -3.42. The molecule has 0 spiro atoms. The van der Waals surface area contributed by atoms with E-state index in [0.717, 1.165) is 0 Å². The Morgan fingerprint density at radius 3 is 2.60 bits per heavy atom. The van der Waals surface area contributed by atoms with Gasteiger partial charge in [-0.25, -0.2) is 8.78 Å². The van der Waals surface area contributed by atoms with Crippen LogP contribution in [0.1, 0.15) is 12.8 Å². The maximum absolute atomic E-state index is 12.5. The molecule has 3 N–H and O–H groups in total. The van der Waals surface area contributed by atoms with Crippen LogP contribution in [0, 0.1) is 0 Å². The third-order valence-corrected chi connectivity index (χ3v) is 1.60. The molecule has 0 aromatic carbocycles. The van der Waals surface area contributed by atoms with Crippen LogP contribution in [0.15, 0.2) is 0 Å². The van der Waals surface area contributed by atoms with Gasteiger partial charge < -0.3 is 15.8 Å². The van der Waals surface area contributed by atoms with Crippen LogP contribution in [0.4, 0.5) is 8.78 Å². The lowest BCUT2D eigenvalue weighted by molar-refractivity contribution is -0.123. The number of amides is 1. The fraction of sp³-hybridized carbons (Fsp3) is 0.875. The van der Waals surface area contributed by atoms with Gasteiger partial charge in [0.05, 0.1) is 13.1 Å². The van der Waals surface area contributed by atoms with Crippen LogP contribution in [-0.4, -0.2) is 38.6 Å². The molecule has 0 rings (SSSR count). The lowest BCUT2D eigenvalue weighted by Gasteiger charge is -2.14. The predicted octanol–water partition coefficient (Wildman–Crippen LogP) is 0.545. The fourth-order valence-corrected chi connectivity index (χ4v) is 0.766. The average molecular weight is 247 g/mol. The van der Waals surface area contributed by atoms with Gasteiger partial charge in [0, 0.05) is 20.1 Å². The van der Waals surface area contributed by atoms with Crippen molar-refractivity contribution in [3.05, 3.63) is 0 Å². The molecule has 0 atom stereocenters. The Kier molecular flexibility index (Phi) is 9.96. The highest BCUT2D eigenvalue weighted by molar-refractivity contribution is 5.85. The molecule has 0 heterocycles. The van der Waals surface area contributed by atoms with Gasteiger partial charge >= 0.3 is 0 Å². The average Bonchev–Trinajstić information content (AvgIpc) is 2.16. The Balaban J connectivity index is 0. The van der Waals surface area contributed by atoms with Crippen molar-refractivity contribution >= 4 is 18.3 Å². The Bertz CT molecular complexity index is 182. The number of ether oxygens (including phenoxy) is 1. The highest BCUT2D eigenvalue weighted by Gasteiger charge is 2.26. The van der Waals surface area contributed by atoms with Gasteiger partial charge in [0.25, 0.3) is 5.92 Å². The Morgan fingerprint density at radius 1 is 1.53 bits per heavy atom. The number of methoxy groups -OCH3 is 1. The van der Waals surface area contributed by atoms with Crippen molar-refractivity contribution in [2.75, 3.05) is 26.8 Å². The molecule has 0 aliphatic carbocycles. The molecule has 1 amide bonds. The molecule has 0 bridgehead atoms. The normalized spacial score (nSPS) is 10.7. The third-order valence-electron chi connectivity index (χ3n) is 1.60. The summed E-state index contributed by atoms with van der Waals surface area (Å²) in [7, 11) is 1.51. The lowest BCUT2D eigenvalue weighted by atomic mass is 10.3. The quantitative estimate of drug-likeness (QED) is 0.645. The van der Waals surface area contributed by atoms with Gasteiger partial charge in [-0.1, -0.05) is 0 Å². The molecule has 15 heavy (non-hydrogen) atoms. The van der Waals surface area contributed by atoms with Crippen LogP contribution in [-0.2, 0) is 9.53 Å². The Morgan fingerprint density at radius 2 is 2.13 bits per heavy atom. The summed E-state index contributed by atoms with van der Waals surface area (Å²) in [6.45, 7) is -1.01. The summed E-state index contributed by atoms with van der Waals surface area (Å²) in [6, 6.07) is 0. The van der Waals surface area contributed by atoms with Gasteiger partial charge in [0.2, 0.25) is 5.91 Å². The molecule has 0 saturated carbocycles. The minimum Gasteiger partial charge on any atom is -0.385 e. The smallest absolute Gasteiger partial charge is 0.277 e. The van der Waals surface area contributed by atoms with Crippen LogP contribution < -0.4 is 11.1 Å². The molecule has 0 saturated heterocycles. The highest BCUT2D eigenvalue weighted by Crippen LogP contribution is 2.08. The fourth-order valence-electron chi connectivity index (χ4n) is 0.766. The van der Waals surface area contributed by atoms with E-state index in [1.807, 2.05) is 0 Å². The summed E-state index contributed by atoms with van der Waals surface area (Å²) in [6.07, 6.45) is 0.713. The van der Waals surface area contributed by atoms with Crippen LogP contribution in [0.2, 0.25) is 0 Å². The summed E-state index contributed by atoms with van der Waals surface area (Å²) in [4.78, 5) is 10.9.